The molecule has 0 saturated carbocycles. The Morgan fingerprint density at radius 1 is 1.21 bits per heavy atom. The van der Waals surface area contributed by atoms with Gasteiger partial charge in [0.15, 0.2) is 5.96 Å². The van der Waals surface area contributed by atoms with Gasteiger partial charge < -0.3 is 24.6 Å². The lowest BCUT2D eigenvalue weighted by atomic mass is 10.1. The summed E-state index contributed by atoms with van der Waals surface area (Å²) in [7, 11) is 2.10. The molecule has 6 heteroatoms. The molecule has 1 N–H and O–H groups in total. The molecule has 1 unspecified atom stereocenters. The van der Waals surface area contributed by atoms with Gasteiger partial charge in [0.05, 0.1) is 13.2 Å². The smallest absolute Gasteiger partial charge is 0.193 e. The molecule has 1 aliphatic heterocycles. The molecule has 0 aromatic heterocycles. The molecule has 0 amide bonds. The van der Waals surface area contributed by atoms with Crippen LogP contribution in [0.2, 0.25) is 0 Å². The van der Waals surface area contributed by atoms with Crippen molar-refractivity contribution in [1.82, 2.24) is 15.1 Å². The van der Waals surface area contributed by atoms with Gasteiger partial charge >= 0.3 is 0 Å². The van der Waals surface area contributed by atoms with E-state index in [1.165, 1.54) is 5.56 Å². The molecule has 1 heterocycles. The zero-order valence-electron chi connectivity index (χ0n) is 18.1. The van der Waals surface area contributed by atoms with E-state index in [1.807, 2.05) is 12.1 Å². The van der Waals surface area contributed by atoms with Crippen LogP contribution in [0.1, 0.15) is 32.8 Å². The fourth-order valence-corrected chi connectivity index (χ4v) is 3.36. The van der Waals surface area contributed by atoms with Gasteiger partial charge in [-0.2, -0.15) is 0 Å². The normalized spacial score (nSPS) is 17.2. The molecule has 1 atom stereocenters. The maximum atomic E-state index is 5.86. The molecule has 0 aliphatic carbocycles. The molecule has 1 aliphatic rings. The molecular weight excluding hydrogens is 352 g/mol. The summed E-state index contributed by atoms with van der Waals surface area (Å²) in [5, 5.41) is 3.39. The molecule has 1 fully saturated rings. The minimum absolute atomic E-state index is 0.599. The van der Waals surface area contributed by atoms with Crippen molar-refractivity contribution >= 4 is 5.96 Å². The van der Waals surface area contributed by atoms with Gasteiger partial charge in [0, 0.05) is 39.2 Å². The van der Waals surface area contributed by atoms with Gasteiger partial charge in [0.2, 0.25) is 0 Å². The summed E-state index contributed by atoms with van der Waals surface area (Å²) < 4.78 is 11.4. The number of benzene rings is 1. The largest absolute Gasteiger partial charge is 0.492 e. The van der Waals surface area contributed by atoms with Gasteiger partial charge in [0.1, 0.15) is 12.4 Å². The van der Waals surface area contributed by atoms with Crippen LogP contribution in [-0.4, -0.2) is 75.4 Å². The third kappa shape index (κ3) is 7.68. The Labute approximate surface area is 170 Å². The summed E-state index contributed by atoms with van der Waals surface area (Å²) >= 11 is 0. The predicted octanol–water partition coefficient (Wildman–Crippen LogP) is 2.84. The lowest BCUT2D eigenvalue weighted by Gasteiger charge is -2.24. The van der Waals surface area contributed by atoms with E-state index in [0.29, 0.717) is 12.5 Å². The molecule has 0 bridgehead atoms. The molecular formula is C22H38N4O2. The highest BCUT2D eigenvalue weighted by molar-refractivity contribution is 5.79. The van der Waals surface area contributed by atoms with Gasteiger partial charge in [-0.1, -0.05) is 26.0 Å². The average Bonchev–Trinajstić information content (AvgIpc) is 3.22. The van der Waals surface area contributed by atoms with Crippen molar-refractivity contribution in [2.24, 2.45) is 10.9 Å². The average molecular weight is 391 g/mol. The Morgan fingerprint density at radius 2 is 1.96 bits per heavy atom. The van der Waals surface area contributed by atoms with E-state index in [9.17, 15) is 0 Å². The number of nitrogens with zero attached hydrogens (tertiary/aromatic N) is 3. The van der Waals surface area contributed by atoms with Crippen molar-refractivity contribution < 1.29 is 9.47 Å². The summed E-state index contributed by atoms with van der Waals surface area (Å²) in [4.78, 5) is 9.38. The summed E-state index contributed by atoms with van der Waals surface area (Å²) in [5.74, 6) is 2.47. The molecule has 0 spiro atoms. The van der Waals surface area contributed by atoms with E-state index in [1.54, 1.807) is 0 Å². The van der Waals surface area contributed by atoms with E-state index >= 15 is 0 Å². The Kier molecular flexibility index (Phi) is 10.1. The van der Waals surface area contributed by atoms with Crippen molar-refractivity contribution in [3.63, 3.8) is 0 Å². The fraction of sp³-hybridized carbons (Fsp3) is 0.682. The zero-order chi connectivity index (χ0) is 20.2. The number of ether oxygens (including phenoxy) is 2. The lowest BCUT2D eigenvalue weighted by molar-refractivity contribution is 0.181. The minimum atomic E-state index is 0.599. The van der Waals surface area contributed by atoms with Gasteiger partial charge in [-0.3, -0.25) is 0 Å². The van der Waals surface area contributed by atoms with E-state index in [4.69, 9.17) is 14.5 Å². The van der Waals surface area contributed by atoms with Crippen LogP contribution in [0, 0.1) is 5.92 Å². The van der Waals surface area contributed by atoms with E-state index in [-0.39, 0.29) is 0 Å². The second-order valence-electron chi connectivity index (χ2n) is 7.30. The summed E-state index contributed by atoms with van der Waals surface area (Å²) in [6.07, 6.45) is 1.14. The number of hydrogen-bond acceptors (Lipinski definition) is 4. The van der Waals surface area contributed by atoms with Crippen molar-refractivity contribution in [3.8, 4) is 5.75 Å². The number of nitrogens with one attached hydrogen (secondary N) is 1. The molecule has 28 heavy (non-hydrogen) atoms. The van der Waals surface area contributed by atoms with Crippen LogP contribution >= 0.6 is 0 Å². The van der Waals surface area contributed by atoms with Crippen LogP contribution in [-0.2, 0) is 11.3 Å². The van der Waals surface area contributed by atoms with Crippen LogP contribution in [0.3, 0.4) is 0 Å². The second-order valence-corrected chi connectivity index (χ2v) is 7.30. The number of likely N-dealkylation sites (N-methyl/N-ethyl adjacent to an activating group) is 1. The number of aliphatic imine (C=N–C) groups is 1. The highest BCUT2D eigenvalue weighted by atomic mass is 16.5. The monoisotopic (exact) mass is 390 g/mol. The zero-order valence-corrected chi connectivity index (χ0v) is 18.1. The standard InChI is InChI=1S/C22H38N4O2/c1-5-23-22(25(4)17-20-12-14-27-18-20)24-16-19-8-10-21(11-9-19)28-15-13-26(6-2)7-3/h8-11,20H,5-7,12-18H2,1-4H3,(H,23,24). The van der Waals surface area contributed by atoms with Crippen LogP contribution in [0.15, 0.2) is 29.3 Å². The molecule has 6 nitrogen and oxygen atoms in total. The SMILES string of the molecule is CCNC(=NCc1ccc(OCCN(CC)CC)cc1)N(C)CC1CCOC1. The summed E-state index contributed by atoms with van der Waals surface area (Å²) in [5.41, 5.74) is 1.18. The number of guanidine groups is 1. The van der Waals surface area contributed by atoms with E-state index in [0.717, 1.165) is 70.7 Å². The Balaban J connectivity index is 1.84. The molecule has 0 radical (unpaired) electrons. The summed E-state index contributed by atoms with van der Waals surface area (Å²) in [6, 6.07) is 8.29. The van der Waals surface area contributed by atoms with Crippen LogP contribution in [0.4, 0.5) is 0 Å². The lowest BCUT2D eigenvalue weighted by Crippen LogP contribution is -2.41. The third-order valence-corrected chi connectivity index (χ3v) is 5.16. The predicted molar refractivity (Wildman–Crippen MR) is 116 cm³/mol. The van der Waals surface area contributed by atoms with Crippen molar-refractivity contribution in [2.45, 2.75) is 33.7 Å². The van der Waals surface area contributed by atoms with Gasteiger partial charge in [-0.05, 0) is 44.1 Å². The van der Waals surface area contributed by atoms with Gasteiger partial charge in [0.25, 0.3) is 0 Å². The number of rotatable bonds is 11. The first-order valence-electron chi connectivity index (χ1n) is 10.7. The van der Waals surface area contributed by atoms with Crippen molar-refractivity contribution in [3.05, 3.63) is 29.8 Å². The minimum Gasteiger partial charge on any atom is -0.492 e. The topological polar surface area (TPSA) is 49.3 Å². The first kappa shape index (κ1) is 22.5. The molecule has 1 aromatic carbocycles. The van der Waals surface area contributed by atoms with Crippen LogP contribution < -0.4 is 10.1 Å². The Morgan fingerprint density at radius 3 is 2.57 bits per heavy atom. The quantitative estimate of drug-likeness (QED) is 0.465. The molecule has 2 rings (SSSR count). The Hall–Kier alpha value is -1.79. The highest BCUT2D eigenvalue weighted by Crippen LogP contribution is 2.15. The second kappa shape index (κ2) is 12.6. The van der Waals surface area contributed by atoms with E-state index in [2.05, 4.69) is 55.1 Å². The number of hydrogen-bond donors (Lipinski definition) is 1. The molecule has 158 valence electrons. The molecule has 1 saturated heterocycles. The van der Waals surface area contributed by atoms with Crippen molar-refractivity contribution in [1.29, 1.82) is 0 Å². The highest BCUT2D eigenvalue weighted by Gasteiger charge is 2.19. The van der Waals surface area contributed by atoms with Crippen molar-refractivity contribution in [2.75, 3.05) is 59.6 Å². The van der Waals surface area contributed by atoms with Crippen LogP contribution in [0.5, 0.6) is 5.75 Å². The maximum absolute atomic E-state index is 5.86. The van der Waals surface area contributed by atoms with E-state index < -0.39 is 0 Å². The van der Waals surface area contributed by atoms with Gasteiger partial charge in [-0.15, -0.1) is 0 Å². The fourth-order valence-electron chi connectivity index (χ4n) is 3.36. The molecule has 1 aromatic rings. The van der Waals surface area contributed by atoms with Gasteiger partial charge in [-0.25, -0.2) is 4.99 Å². The Bertz CT molecular complexity index is 566. The maximum Gasteiger partial charge on any atom is 0.193 e. The summed E-state index contributed by atoms with van der Waals surface area (Å²) in [6.45, 7) is 14.5. The first-order valence-corrected chi connectivity index (χ1v) is 10.7. The first-order chi connectivity index (χ1) is 13.7. The van der Waals surface area contributed by atoms with Crippen LogP contribution in [0.25, 0.3) is 0 Å². The third-order valence-electron chi connectivity index (χ3n) is 5.16.